The smallest absolute Gasteiger partial charge is 0.278 e. The van der Waals surface area contributed by atoms with E-state index in [1.54, 1.807) is 37.3 Å². The third-order valence-corrected chi connectivity index (χ3v) is 4.23. The van der Waals surface area contributed by atoms with Crippen molar-refractivity contribution in [3.8, 4) is 5.69 Å². The highest BCUT2D eigenvalue weighted by atomic mass is 35.5. The van der Waals surface area contributed by atoms with Crippen LogP contribution in [0.4, 0.5) is 11.4 Å². The standard InChI is InChI=1S/C17H14ClN5O3/c1-10-6-7-12(8-15(10)18)19-17(24)16-11(2)22(21-20-16)13-4-3-5-14(9-13)23(25)26/h3-9H,1-2H3,(H,19,24). The van der Waals surface area contributed by atoms with Crippen molar-refractivity contribution in [3.05, 3.63) is 74.6 Å². The maximum absolute atomic E-state index is 12.5. The van der Waals surface area contributed by atoms with Crippen LogP contribution < -0.4 is 5.32 Å². The third kappa shape index (κ3) is 3.40. The van der Waals surface area contributed by atoms with E-state index in [1.165, 1.54) is 16.8 Å². The average molecular weight is 372 g/mol. The molecule has 0 aliphatic heterocycles. The first-order valence-electron chi connectivity index (χ1n) is 7.61. The van der Waals surface area contributed by atoms with E-state index in [2.05, 4.69) is 15.6 Å². The Bertz CT molecular complexity index is 1020. The minimum absolute atomic E-state index is 0.0716. The molecule has 26 heavy (non-hydrogen) atoms. The van der Waals surface area contributed by atoms with Gasteiger partial charge in [-0.25, -0.2) is 4.68 Å². The summed E-state index contributed by atoms with van der Waals surface area (Å²) in [7, 11) is 0. The Labute approximate surface area is 153 Å². The molecule has 0 saturated heterocycles. The molecule has 0 aliphatic carbocycles. The molecule has 1 amide bonds. The Balaban J connectivity index is 1.88. The maximum atomic E-state index is 12.5. The number of aromatic nitrogens is 3. The first-order valence-corrected chi connectivity index (χ1v) is 7.99. The van der Waals surface area contributed by atoms with E-state index in [1.807, 2.05) is 6.92 Å². The lowest BCUT2D eigenvalue weighted by Gasteiger charge is -2.06. The monoisotopic (exact) mass is 371 g/mol. The Morgan fingerprint density at radius 3 is 2.69 bits per heavy atom. The highest BCUT2D eigenvalue weighted by molar-refractivity contribution is 6.31. The quantitative estimate of drug-likeness (QED) is 0.556. The number of carbonyl (C=O) groups is 1. The van der Waals surface area contributed by atoms with Crippen molar-refractivity contribution in [3.63, 3.8) is 0 Å². The predicted octanol–water partition coefficient (Wildman–Crippen LogP) is 3.70. The zero-order valence-corrected chi connectivity index (χ0v) is 14.7. The largest absolute Gasteiger partial charge is 0.320 e. The number of benzene rings is 2. The predicted molar refractivity (Wildman–Crippen MR) is 96.9 cm³/mol. The van der Waals surface area contributed by atoms with Crippen molar-refractivity contribution in [2.75, 3.05) is 5.32 Å². The van der Waals surface area contributed by atoms with Crippen molar-refractivity contribution in [2.45, 2.75) is 13.8 Å². The molecule has 2 aromatic carbocycles. The molecule has 1 heterocycles. The van der Waals surface area contributed by atoms with Crippen LogP contribution >= 0.6 is 11.6 Å². The molecule has 0 saturated carbocycles. The van der Waals surface area contributed by atoms with E-state index in [4.69, 9.17) is 11.6 Å². The Morgan fingerprint density at radius 1 is 1.23 bits per heavy atom. The number of non-ortho nitro benzene ring substituents is 1. The summed E-state index contributed by atoms with van der Waals surface area (Å²) in [6, 6.07) is 11.1. The minimum atomic E-state index is -0.496. The fraction of sp³-hybridized carbons (Fsp3) is 0.118. The Kier molecular flexibility index (Phi) is 4.68. The van der Waals surface area contributed by atoms with Gasteiger partial charge in [-0.3, -0.25) is 14.9 Å². The van der Waals surface area contributed by atoms with Gasteiger partial charge >= 0.3 is 0 Å². The summed E-state index contributed by atoms with van der Waals surface area (Å²) in [5.74, 6) is -0.445. The number of halogens is 1. The number of nitrogens with zero attached hydrogens (tertiary/aromatic N) is 4. The van der Waals surface area contributed by atoms with E-state index in [0.29, 0.717) is 22.1 Å². The van der Waals surface area contributed by atoms with Crippen LogP contribution in [0, 0.1) is 24.0 Å². The average Bonchev–Trinajstić information content (AvgIpc) is 3.00. The van der Waals surface area contributed by atoms with Crippen LogP contribution in [0.15, 0.2) is 42.5 Å². The molecule has 1 aromatic heterocycles. The number of nitro benzene ring substituents is 1. The van der Waals surface area contributed by atoms with E-state index in [-0.39, 0.29) is 11.4 Å². The molecule has 0 spiro atoms. The van der Waals surface area contributed by atoms with E-state index >= 15 is 0 Å². The Morgan fingerprint density at radius 2 is 2.00 bits per heavy atom. The molecule has 132 valence electrons. The van der Waals surface area contributed by atoms with Crippen molar-refractivity contribution in [1.29, 1.82) is 0 Å². The fourth-order valence-corrected chi connectivity index (χ4v) is 2.56. The zero-order chi connectivity index (χ0) is 18.8. The molecule has 0 aliphatic rings. The molecular weight excluding hydrogens is 358 g/mol. The molecule has 0 unspecified atom stereocenters. The number of anilines is 1. The second-order valence-electron chi connectivity index (χ2n) is 5.63. The Hall–Kier alpha value is -3.26. The summed E-state index contributed by atoms with van der Waals surface area (Å²) in [5.41, 5.74) is 2.39. The second-order valence-corrected chi connectivity index (χ2v) is 6.04. The number of nitrogens with one attached hydrogen (secondary N) is 1. The van der Waals surface area contributed by atoms with Gasteiger partial charge in [0.2, 0.25) is 0 Å². The number of nitro groups is 1. The second kappa shape index (κ2) is 6.93. The van der Waals surface area contributed by atoms with Crippen molar-refractivity contribution in [1.82, 2.24) is 15.0 Å². The molecule has 0 bridgehead atoms. The normalized spacial score (nSPS) is 10.6. The molecule has 0 radical (unpaired) electrons. The van der Waals surface area contributed by atoms with Crippen molar-refractivity contribution in [2.24, 2.45) is 0 Å². The minimum Gasteiger partial charge on any atom is -0.320 e. The maximum Gasteiger partial charge on any atom is 0.278 e. The lowest BCUT2D eigenvalue weighted by atomic mass is 10.2. The molecule has 9 heteroatoms. The van der Waals surface area contributed by atoms with Gasteiger partial charge in [-0.05, 0) is 37.6 Å². The summed E-state index contributed by atoms with van der Waals surface area (Å²) in [4.78, 5) is 22.9. The lowest BCUT2D eigenvalue weighted by molar-refractivity contribution is -0.384. The van der Waals surface area contributed by atoms with Crippen LogP contribution in [-0.2, 0) is 0 Å². The summed E-state index contributed by atoms with van der Waals surface area (Å²) >= 11 is 6.06. The van der Waals surface area contributed by atoms with Gasteiger partial charge in [0.05, 0.1) is 16.3 Å². The molecule has 3 rings (SSSR count). The van der Waals surface area contributed by atoms with Crippen LogP contribution in [-0.4, -0.2) is 25.8 Å². The van der Waals surface area contributed by atoms with Crippen LogP contribution in [0.5, 0.6) is 0 Å². The van der Waals surface area contributed by atoms with Crippen LogP contribution in [0.1, 0.15) is 21.7 Å². The SMILES string of the molecule is Cc1ccc(NC(=O)c2nnn(-c3cccc([N+](=O)[O-])c3)c2C)cc1Cl. The highest BCUT2D eigenvalue weighted by Gasteiger charge is 2.19. The van der Waals surface area contributed by atoms with Gasteiger partial charge in [0.15, 0.2) is 5.69 Å². The van der Waals surface area contributed by atoms with Crippen LogP contribution in [0.2, 0.25) is 5.02 Å². The summed E-state index contributed by atoms with van der Waals surface area (Å²) < 4.78 is 1.38. The fourth-order valence-electron chi connectivity index (χ4n) is 2.38. The number of hydrogen-bond acceptors (Lipinski definition) is 5. The molecule has 1 N–H and O–H groups in total. The highest BCUT2D eigenvalue weighted by Crippen LogP contribution is 2.22. The van der Waals surface area contributed by atoms with Crippen LogP contribution in [0.3, 0.4) is 0 Å². The van der Waals surface area contributed by atoms with Gasteiger partial charge in [-0.15, -0.1) is 5.10 Å². The van der Waals surface area contributed by atoms with Gasteiger partial charge in [0.1, 0.15) is 0 Å². The van der Waals surface area contributed by atoms with Crippen molar-refractivity contribution < 1.29 is 9.72 Å². The molecule has 0 atom stereocenters. The third-order valence-electron chi connectivity index (χ3n) is 3.82. The topological polar surface area (TPSA) is 103 Å². The van der Waals surface area contributed by atoms with Crippen molar-refractivity contribution >= 4 is 28.9 Å². The zero-order valence-electron chi connectivity index (χ0n) is 13.9. The summed E-state index contributed by atoms with van der Waals surface area (Å²) in [5, 5.41) is 22.0. The van der Waals surface area contributed by atoms with Gasteiger partial charge in [0, 0.05) is 22.8 Å². The van der Waals surface area contributed by atoms with Gasteiger partial charge in [0.25, 0.3) is 11.6 Å². The number of carbonyl (C=O) groups excluding carboxylic acids is 1. The molecule has 3 aromatic rings. The van der Waals surface area contributed by atoms with E-state index in [0.717, 1.165) is 5.56 Å². The number of hydrogen-bond donors (Lipinski definition) is 1. The van der Waals surface area contributed by atoms with Crippen LogP contribution in [0.25, 0.3) is 5.69 Å². The summed E-state index contributed by atoms with van der Waals surface area (Å²) in [6.07, 6.45) is 0. The van der Waals surface area contributed by atoms with E-state index in [9.17, 15) is 14.9 Å². The first-order chi connectivity index (χ1) is 12.4. The number of rotatable bonds is 4. The van der Waals surface area contributed by atoms with Gasteiger partial charge in [-0.1, -0.05) is 28.9 Å². The molecular formula is C17H14ClN5O3. The van der Waals surface area contributed by atoms with E-state index < -0.39 is 10.8 Å². The van der Waals surface area contributed by atoms with Gasteiger partial charge < -0.3 is 5.32 Å². The molecule has 0 fully saturated rings. The number of aryl methyl sites for hydroxylation is 1. The molecule has 8 nitrogen and oxygen atoms in total. The lowest BCUT2D eigenvalue weighted by Crippen LogP contribution is -2.14. The van der Waals surface area contributed by atoms with Gasteiger partial charge in [-0.2, -0.15) is 0 Å². The first kappa shape index (κ1) is 17.6. The summed E-state index contributed by atoms with van der Waals surface area (Å²) in [6.45, 7) is 3.53. The number of amides is 1.